The first-order chi connectivity index (χ1) is 9.06. The fourth-order valence-electron chi connectivity index (χ4n) is 2.75. The highest BCUT2D eigenvalue weighted by Crippen LogP contribution is 2.21. The van der Waals surface area contributed by atoms with E-state index in [-0.39, 0.29) is 0 Å². The molecule has 2 aromatic rings. The summed E-state index contributed by atoms with van der Waals surface area (Å²) in [6.45, 7) is 9.25. The Morgan fingerprint density at radius 1 is 1.26 bits per heavy atom. The van der Waals surface area contributed by atoms with Gasteiger partial charge in [-0.3, -0.25) is 10.00 Å². The Morgan fingerprint density at radius 2 is 2.05 bits per heavy atom. The number of hydrogen-bond acceptors (Lipinski definition) is 3. The Labute approximate surface area is 113 Å². The fourth-order valence-corrected chi connectivity index (χ4v) is 2.75. The van der Waals surface area contributed by atoms with Crippen LogP contribution in [0, 0.1) is 20.8 Å². The van der Waals surface area contributed by atoms with Crippen molar-refractivity contribution in [2.24, 2.45) is 7.05 Å². The minimum absolute atomic E-state index is 0.912. The Bertz CT molecular complexity index is 608. The van der Waals surface area contributed by atoms with E-state index in [0.29, 0.717) is 0 Å². The molecule has 0 aliphatic carbocycles. The molecule has 0 bridgehead atoms. The molecule has 102 valence electrons. The standard InChI is InChI=1S/C14H21N5/c1-9-11(3)18(4)14(15-9)8-19-6-5-13-12(7-19)10(2)16-17-13/h5-8H2,1-4H3,(H,16,17). The molecular formula is C14H21N5. The molecule has 3 heterocycles. The van der Waals surface area contributed by atoms with E-state index in [1.54, 1.807) is 0 Å². The van der Waals surface area contributed by atoms with Gasteiger partial charge in [0.15, 0.2) is 0 Å². The van der Waals surface area contributed by atoms with Crippen LogP contribution in [0.3, 0.4) is 0 Å². The van der Waals surface area contributed by atoms with Crippen molar-refractivity contribution in [3.05, 3.63) is 34.2 Å². The molecule has 2 aromatic heterocycles. The molecule has 0 unspecified atom stereocenters. The van der Waals surface area contributed by atoms with Crippen LogP contribution in [0.25, 0.3) is 0 Å². The van der Waals surface area contributed by atoms with Gasteiger partial charge in [-0.2, -0.15) is 5.10 Å². The van der Waals surface area contributed by atoms with Crippen LogP contribution in [-0.4, -0.2) is 31.2 Å². The van der Waals surface area contributed by atoms with Crippen molar-refractivity contribution in [3.63, 3.8) is 0 Å². The molecule has 1 aliphatic heterocycles. The summed E-state index contributed by atoms with van der Waals surface area (Å²) in [6, 6.07) is 0. The summed E-state index contributed by atoms with van der Waals surface area (Å²) in [4.78, 5) is 7.12. The van der Waals surface area contributed by atoms with Gasteiger partial charge in [-0.25, -0.2) is 4.98 Å². The predicted molar refractivity (Wildman–Crippen MR) is 73.8 cm³/mol. The molecule has 19 heavy (non-hydrogen) atoms. The number of hydrogen-bond donors (Lipinski definition) is 1. The topological polar surface area (TPSA) is 49.7 Å². The molecule has 3 rings (SSSR count). The molecule has 0 aromatic carbocycles. The number of imidazole rings is 1. The maximum Gasteiger partial charge on any atom is 0.123 e. The molecule has 5 heteroatoms. The van der Waals surface area contributed by atoms with Gasteiger partial charge >= 0.3 is 0 Å². The second-order valence-corrected chi connectivity index (χ2v) is 5.49. The smallest absolute Gasteiger partial charge is 0.123 e. The maximum absolute atomic E-state index is 4.67. The van der Waals surface area contributed by atoms with Crippen LogP contribution in [0.4, 0.5) is 0 Å². The largest absolute Gasteiger partial charge is 0.334 e. The highest BCUT2D eigenvalue weighted by molar-refractivity contribution is 5.26. The summed E-state index contributed by atoms with van der Waals surface area (Å²) in [6.07, 6.45) is 1.03. The average Bonchev–Trinajstić information content (AvgIpc) is 2.87. The van der Waals surface area contributed by atoms with Crippen LogP contribution < -0.4 is 0 Å². The van der Waals surface area contributed by atoms with Crippen molar-refractivity contribution < 1.29 is 0 Å². The SMILES string of the molecule is Cc1nc(CN2CCc3n[nH]c(C)c3C2)n(C)c1C. The highest BCUT2D eigenvalue weighted by Gasteiger charge is 2.22. The van der Waals surface area contributed by atoms with Crippen LogP contribution >= 0.6 is 0 Å². The molecule has 0 fully saturated rings. The van der Waals surface area contributed by atoms with Crippen molar-refractivity contribution in [3.8, 4) is 0 Å². The van der Waals surface area contributed by atoms with Crippen molar-refractivity contribution >= 4 is 0 Å². The number of rotatable bonds is 2. The molecule has 1 aliphatic rings. The third kappa shape index (κ3) is 2.08. The number of nitrogens with zero attached hydrogens (tertiary/aromatic N) is 4. The summed E-state index contributed by atoms with van der Waals surface area (Å²) in [5.74, 6) is 1.15. The van der Waals surface area contributed by atoms with Crippen LogP contribution in [0.5, 0.6) is 0 Å². The van der Waals surface area contributed by atoms with E-state index in [2.05, 4.69) is 52.5 Å². The number of nitrogens with one attached hydrogen (secondary N) is 1. The Kier molecular flexibility index (Phi) is 2.93. The highest BCUT2D eigenvalue weighted by atomic mass is 15.2. The van der Waals surface area contributed by atoms with E-state index >= 15 is 0 Å². The first kappa shape index (κ1) is 12.4. The Balaban J connectivity index is 1.79. The van der Waals surface area contributed by atoms with Crippen LogP contribution in [-0.2, 0) is 26.6 Å². The molecule has 5 nitrogen and oxygen atoms in total. The van der Waals surface area contributed by atoms with Crippen molar-refractivity contribution in [2.75, 3.05) is 6.54 Å². The molecule has 0 saturated heterocycles. The van der Waals surface area contributed by atoms with Gasteiger partial charge in [0.25, 0.3) is 0 Å². The van der Waals surface area contributed by atoms with E-state index in [4.69, 9.17) is 0 Å². The Morgan fingerprint density at radius 3 is 2.74 bits per heavy atom. The predicted octanol–water partition coefficient (Wildman–Crippen LogP) is 1.63. The summed E-state index contributed by atoms with van der Waals surface area (Å²) in [5.41, 5.74) is 6.20. The molecule has 0 amide bonds. The molecule has 0 saturated carbocycles. The summed E-state index contributed by atoms with van der Waals surface area (Å²) in [5, 5.41) is 7.45. The second-order valence-electron chi connectivity index (χ2n) is 5.49. The number of aromatic amines is 1. The summed E-state index contributed by atoms with van der Waals surface area (Å²) < 4.78 is 2.20. The molecule has 0 atom stereocenters. The lowest BCUT2D eigenvalue weighted by Crippen LogP contribution is -2.31. The van der Waals surface area contributed by atoms with Gasteiger partial charge in [0.2, 0.25) is 0 Å². The molecule has 1 N–H and O–H groups in total. The monoisotopic (exact) mass is 259 g/mol. The van der Waals surface area contributed by atoms with Gasteiger partial charge in [-0.05, 0) is 20.8 Å². The van der Waals surface area contributed by atoms with Gasteiger partial charge in [0.05, 0.1) is 17.9 Å². The minimum Gasteiger partial charge on any atom is -0.334 e. The zero-order chi connectivity index (χ0) is 13.6. The number of H-pyrrole nitrogens is 1. The molecule has 0 radical (unpaired) electrons. The quantitative estimate of drug-likeness (QED) is 0.891. The lowest BCUT2D eigenvalue weighted by molar-refractivity contribution is 0.235. The fraction of sp³-hybridized carbons (Fsp3) is 0.571. The first-order valence-electron chi connectivity index (χ1n) is 6.80. The van der Waals surface area contributed by atoms with E-state index in [1.165, 1.54) is 22.6 Å². The second kappa shape index (κ2) is 4.49. The van der Waals surface area contributed by atoms with Gasteiger partial charge < -0.3 is 4.57 Å². The minimum atomic E-state index is 0.912. The number of fused-ring (bicyclic) bond motifs is 1. The van der Waals surface area contributed by atoms with E-state index in [0.717, 1.165) is 37.6 Å². The Hall–Kier alpha value is -1.62. The number of aromatic nitrogens is 4. The van der Waals surface area contributed by atoms with Gasteiger partial charge in [-0.15, -0.1) is 0 Å². The van der Waals surface area contributed by atoms with Gasteiger partial charge in [-0.1, -0.05) is 0 Å². The van der Waals surface area contributed by atoms with E-state index in [9.17, 15) is 0 Å². The molecule has 0 spiro atoms. The lowest BCUT2D eigenvalue weighted by atomic mass is 10.1. The first-order valence-corrected chi connectivity index (χ1v) is 6.80. The third-order valence-corrected chi connectivity index (χ3v) is 4.28. The normalized spacial score (nSPS) is 15.8. The lowest BCUT2D eigenvalue weighted by Gasteiger charge is -2.26. The third-order valence-electron chi connectivity index (χ3n) is 4.28. The van der Waals surface area contributed by atoms with E-state index < -0.39 is 0 Å². The van der Waals surface area contributed by atoms with Crippen LogP contribution in [0.2, 0.25) is 0 Å². The zero-order valence-electron chi connectivity index (χ0n) is 12.1. The molecular weight excluding hydrogens is 238 g/mol. The van der Waals surface area contributed by atoms with E-state index in [1.807, 2.05) is 0 Å². The van der Waals surface area contributed by atoms with Crippen LogP contribution in [0.1, 0.15) is 34.2 Å². The summed E-state index contributed by atoms with van der Waals surface area (Å²) >= 11 is 0. The summed E-state index contributed by atoms with van der Waals surface area (Å²) in [7, 11) is 2.10. The zero-order valence-corrected chi connectivity index (χ0v) is 12.1. The van der Waals surface area contributed by atoms with Crippen molar-refractivity contribution in [2.45, 2.75) is 40.3 Å². The van der Waals surface area contributed by atoms with Gasteiger partial charge in [0.1, 0.15) is 5.82 Å². The van der Waals surface area contributed by atoms with Crippen molar-refractivity contribution in [1.29, 1.82) is 0 Å². The van der Waals surface area contributed by atoms with Gasteiger partial charge in [0, 0.05) is 43.5 Å². The maximum atomic E-state index is 4.67. The number of aryl methyl sites for hydroxylation is 2. The average molecular weight is 259 g/mol. The van der Waals surface area contributed by atoms with Crippen molar-refractivity contribution in [1.82, 2.24) is 24.6 Å². The van der Waals surface area contributed by atoms with Crippen LogP contribution in [0.15, 0.2) is 0 Å².